The van der Waals surface area contributed by atoms with Crippen molar-refractivity contribution in [2.45, 2.75) is 51.6 Å². The molecule has 2 aliphatic heterocycles. The second-order valence-corrected chi connectivity index (χ2v) is 8.23. The Labute approximate surface area is 143 Å². The molecule has 3 rings (SSSR count). The minimum absolute atomic E-state index is 0.0330. The molecule has 3 heterocycles. The molecule has 24 heavy (non-hydrogen) atoms. The smallest absolute Gasteiger partial charge is 0.266 e. The fraction of sp³-hybridized carbons (Fsp3) is 0.722. The fourth-order valence-corrected chi connectivity index (χ4v) is 3.55. The van der Waals surface area contributed by atoms with E-state index in [1.807, 2.05) is 18.0 Å². The molecule has 2 aliphatic rings. The van der Waals surface area contributed by atoms with E-state index in [0.717, 1.165) is 38.2 Å². The van der Waals surface area contributed by atoms with Crippen LogP contribution < -0.4 is 5.56 Å². The van der Waals surface area contributed by atoms with E-state index in [-0.39, 0.29) is 22.9 Å². The Kier molecular flexibility index (Phi) is 4.51. The predicted octanol–water partition coefficient (Wildman–Crippen LogP) is 1.09. The van der Waals surface area contributed by atoms with Crippen molar-refractivity contribution in [1.29, 1.82) is 0 Å². The summed E-state index contributed by atoms with van der Waals surface area (Å²) < 4.78 is 1.59. The highest BCUT2D eigenvalue weighted by atomic mass is 16.2. The number of hydrogen-bond acceptors (Lipinski definition) is 4. The number of amides is 1. The van der Waals surface area contributed by atoms with E-state index in [1.54, 1.807) is 10.7 Å². The number of carbonyl (C=O) groups is 1. The molecular formula is C18H28N4O2. The summed E-state index contributed by atoms with van der Waals surface area (Å²) in [6, 6.07) is 3.47. The number of piperidine rings is 1. The molecule has 132 valence electrons. The number of aromatic nitrogens is 2. The zero-order valence-corrected chi connectivity index (χ0v) is 15.2. The molecule has 6 nitrogen and oxygen atoms in total. The van der Waals surface area contributed by atoms with Gasteiger partial charge >= 0.3 is 0 Å². The van der Waals surface area contributed by atoms with E-state index in [2.05, 4.69) is 30.8 Å². The summed E-state index contributed by atoms with van der Waals surface area (Å²) in [6.07, 6.45) is 2.02. The van der Waals surface area contributed by atoms with E-state index in [1.165, 1.54) is 0 Å². The Morgan fingerprint density at radius 1 is 1.21 bits per heavy atom. The highest BCUT2D eigenvalue weighted by molar-refractivity contribution is 5.82. The third-order valence-electron chi connectivity index (χ3n) is 5.12. The van der Waals surface area contributed by atoms with Gasteiger partial charge in [-0.1, -0.05) is 20.8 Å². The number of hydrogen-bond donors (Lipinski definition) is 0. The Balaban J connectivity index is 1.62. The predicted molar refractivity (Wildman–Crippen MR) is 92.9 cm³/mol. The molecule has 2 fully saturated rings. The lowest BCUT2D eigenvalue weighted by atomic mass is 9.92. The van der Waals surface area contributed by atoms with Gasteiger partial charge in [0.25, 0.3) is 5.56 Å². The Hall–Kier alpha value is -1.69. The molecule has 6 heteroatoms. The normalized spacial score (nSPS) is 23.4. The van der Waals surface area contributed by atoms with Crippen molar-refractivity contribution in [3.8, 4) is 0 Å². The van der Waals surface area contributed by atoms with E-state index >= 15 is 0 Å². The number of rotatable bonds is 3. The summed E-state index contributed by atoms with van der Waals surface area (Å²) in [5.74, 6) is 0.634. The van der Waals surface area contributed by atoms with Gasteiger partial charge in [-0.15, -0.1) is 0 Å². The molecule has 1 atom stereocenters. The topological polar surface area (TPSA) is 58.4 Å². The first-order valence-corrected chi connectivity index (χ1v) is 8.83. The van der Waals surface area contributed by atoms with Gasteiger partial charge in [0.15, 0.2) is 0 Å². The molecule has 0 bridgehead atoms. The van der Waals surface area contributed by atoms with Crippen LogP contribution in [0.2, 0.25) is 0 Å². The van der Waals surface area contributed by atoms with Gasteiger partial charge in [-0.2, -0.15) is 5.10 Å². The SMILES string of the molecule is CN1CCCC(N2CC(Cn3nc(C(C)(C)C)ccc3=O)C2)C1=O. The third kappa shape index (κ3) is 3.38. The summed E-state index contributed by atoms with van der Waals surface area (Å²) >= 11 is 0. The largest absolute Gasteiger partial charge is 0.344 e. The summed E-state index contributed by atoms with van der Waals surface area (Å²) in [5.41, 5.74) is 0.817. The van der Waals surface area contributed by atoms with Crippen LogP contribution in [0.3, 0.4) is 0 Å². The van der Waals surface area contributed by atoms with Gasteiger partial charge in [0.2, 0.25) is 5.91 Å². The van der Waals surface area contributed by atoms with Crippen LogP contribution in [0.4, 0.5) is 0 Å². The summed E-state index contributed by atoms with van der Waals surface area (Å²) in [5, 5.41) is 4.54. The van der Waals surface area contributed by atoms with Crippen molar-refractivity contribution < 1.29 is 4.79 Å². The minimum Gasteiger partial charge on any atom is -0.344 e. The Bertz CT molecular complexity index is 670. The first-order chi connectivity index (χ1) is 11.3. The maximum absolute atomic E-state index is 12.3. The molecule has 2 saturated heterocycles. The van der Waals surface area contributed by atoms with E-state index in [4.69, 9.17) is 0 Å². The van der Waals surface area contributed by atoms with Gasteiger partial charge in [0.05, 0.1) is 18.3 Å². The monoisotopic (exact) mass is 332 g/mol. The van der Waals surface area contributed by atoms with Gasteiger partial charge in [-0.25, -0.2) is 4.68 Å². The van der Waals surface area contributed by atoms with Crippen molar-refractivity contribution >= 4 is 5.91 Å². The second kappa shape index (κ2) is 6.31. The van der Waals surface area contributed by atoms with Crippen molar-refractivity contribution in [2.75, 3.05) is 26.7 Å². The Morgan fingerprint density at radius 3 is 2.58 bits per heavy atom. The molecule has 1 unspecified atom stereocenters. The Morgan fingerprint density at radius 2 is 1.92 bits per heavy atom. The van der Waals surface area contributed by atoms with E-state index in [9.17, 15) is 9.59 Å². The van der Waals surface area contributed by atoms with Crippen LogP contribution in [0.15, 0.2) is 16.9 Å². The molecule has 0 spiro atoms. The van der Waals surface area contributed by atoms with Gasteiger partial charge < -0.3 is 4.90 Å². The first-order valence-electron chi connectivity index (χ1n) is 8.83. The van der Waals surface area contributed by atoms with Gasteiger partial charge in [0.1, 0.15) is 0 Å². The number of carbonyl (C=O) groups excluding carboxylic acids is 1. The van der Waals surface area contributed by atoms with Gasteiger partial charge in [-0.05, 0) is 18.9 Å². The summed E-state index contributed by atoms with van der Waals surface area (Å²) in [4.78, 5) is 28.4. The van der Waals surface area contributed by atoms with Crippen LogP contribution in [-0.4, -0.2) is 58.2 Å². The highest BCUT2D eigenvalue weighted by Gasteiger charge is 2.38. The van der Waals surface area contributed by atoms with Crippen molar-refractivity contribution in [2.24, 2.45) is 5.92 Å². The zero-order valence-electron chi connectivity index (χ0n) is 15.2. The summed E-state index contributed by atoms with van der Waals surface area (Å²) in [6.45, 7) is 9.54. The number of likely N-dealkylation sites (N-methyl/N-ethyl adjacent to an activating group) is 1. The average Bonchev–Trinajstić information content (AvgIpc) is 2.46. The lowest BCUT2D eigenvalue weighted by Gasteiger charge is -2.46. The molecule has 0 radical (unpaired) electrons. The standard InChI is InChI=1S/C18H28N4O2/c1-18(2,3)15-7-8-16(23)22(19-15)12-13-10-21(11-13)14-6-5-9-20(4)17(14)24/h7-8,13-14H,5-6,9-12H2,1-4H3. The number of likely N-dealkylation sites (tertiary alicyclic amines) is 2. The third-order valence-corrected chi connectivity index (χ3v) is 5.12. The minimum atomic E-state index is -0.0692. The van der Waals surface area contributed by atoms with Gasteiger partial charge in [-0.3, -0.25) is 14.5 Å². The van der Waals surface area contributed by atoms with Crippen molar-refractivity contribution in [3.63, 3.8) is 0 Å². The van der Waals surface area contributed by atoms with Crippen LogP contribution >= 0.6 is 0 Å². The van der Waals surface area contributed by atoms with Crippen molar-refractivity contribution in [3.05, 3.63) is 28.2 Å². The molecule has 0 N–H and O–H groups in total. The molecular weight excluding hydrogens is 304 g/mol. The molecule has 0 aromatic carbocycles. The maximum atomic E-state index is 12.3. The average molecular weight is 332 g/mol. The first kappa shape index (κ1) is 17.1. The summed E-state index contributed by atoms with van der Waals surface area (Å²) in [7, 11) is 1.88. The highest BCUT2D eigenvalue weighted by Crippen LogP contribution is 2.26. The van der Waals surface area contributed by atoms with Crippen molar-refractivity contribution in [1.82, 2.24) is 19.6 Å². The number of nitrogens with zero attached hydrogens (tertiary/aromatic N) is 4. The zero-order chi connectivity index (χ0) is 17.5. The second-order valence-electron chi connectivity index (χ2n) is 8.23. The van der Waals surface area contributed by atoms with Crippen LogP contribution in [0.1, 0.15) is 39.3 Å². The molecule has 1 amide bonds. The maximum Gasteiger partial charge on any atom is 0.266 e. The van der Waals surface area contributed by atoms with Crippen LogP contribution in [0.5, 0.6) is 0 Å². The van der Waals surface area contributed by atoms with Crippen LogP contribution in [0.25, 0.3) is 0 Å². The van der Waals surface area contributed by atoms with E-state index < -0.39 is 0 Å². The fourth-order valence-electron chi connectivity index (χ4n) is 3.55. The molecule has 0 aliphatic carbocycles. The van der Waals surface area contributed by atoms with E-state index in [0.29, 0.717) is 12.5 Å². The van der Waals surface area contributed by atoms with Gasteiger partial charge in [0, 0.05) is 44.1 Å². The van der Waals surface area contributed by atoms with Crippen LogP contribution in [0, 0.1) is 5.92 Å². The lowest BCUT2D eigenvalue weighted by molar-refractivity contribution is -0.142. The molecule has 1 aromatic rings. The quantitative estimate of drug-likeness (QED) is 0.831. The molecule has 0 saturated carbocycles. The lowest BCUT2D eigenvalue weighted by Crippen LogP contribution is -2.60. The van der Waals surface area contributed by atoms with Crippen LogP contribution in [-0.2, 0) is 16.8 Å². The molecule has 1 aromatic heterocycles.